The zero-order valence-corrected chi connectivity index (χ0v) is 12.5. The van der Waals surface area contributed by atoms with Crippen LogP contribution in [0.4, 0.5) is 0 Å². The number of nitrogens with one attached hydrogen (secondary N) is 2. The topological polar surface area (TPSA) is 78.2 Å². The second-order valence-electron chi connectivity index (χ2n) is 4.92. The number of methoxy groups -OCH3 is 1. The quantitative estimate of drug-likeness (QED) is 0.755. The van der Waals surface area contributed by atoms with E-state index in [1.807, 2.05) is 24.3 Å². The summed E-state index contributed by atoms with van der Waals surface area (Å²) in [4.78, 5) is 29.5. The number of ether oxygens (including phenoxy) is 1. The summed E-state index contributed by atoms with van der Waals surface area (Å²) in [5, 5.41) is 0. The van der Waals surface area contributed by atoms with Crippen LogP contribution in [-0.2, 0) is 13.1 Å². The van der Waals surface area contributed by atoms with Crippen LogP contribution < -0.4 is 16.0 Å². The molecule has 0 amide bonds. The molecule has 1 aromatic heterocycles. The van der Waals surface area contributed by atoms with E-state index < -0.39 is 11.2 Å². The average molecular weight is 301 g/mol. The number of nitrogens with zero attached hydrogens (tertiary/aromatic N) is 1. The normalized spacial score (nSPS) is 10.6. The maximum Gasteiger partial charge on any atom is 0.325 e. The zero-order chi connectivity index (χ0) is 15.9. The summed E-state index contributed by atoms with van der Waals surface area (Å²) >= 11 is 0. The predicted molar refractivity (Wildman–Crippen MR) is 85.0 cm³/mol. The molecule has 2 aromatic rings. The Kier molecular flexibility index (Phi) is 5.32. The minimum absolute atomic E-state index is 0.404. The molecule has 1 heterocycles. The molecule has 0 bridgehead atoms. The van der Waals surface area contributed by atoms with Crippen LogP contribution in [0.2, 0.25) is 0 Å². The second kappa shape index (κ2) is 7.42. The molecule has 0 atom stereocenters. The summed E-state index contributed by atoms with van der Waals surface area (Å²) in [6.07, 6.45) is 1.78. The lowest BCUT2D eigenvalue weighted by atomic mass is 10.2. The Bertz CT molecular complexity index is 720. The van der Waals surface area contributed by atoms with Crippen molar-refractivity contribution in [3.8, 4) is 5.75 Å². The first-order valence-electron chi connectivity index (χ1n) is 6.89. The number of aromatic nitrogens is 2. The van der Waals surface area contributed by atoms with Crippen molar-refractivity contribution in [2.24, 2.45) is 0 Å². The van der Waals surface area contributed by atoms with E-state index in [-0.39, 0.29) is 0 Å². The zero-order valence-electron chi connectivity index (χ0n) is 12.5. The molecule has 0 fully saturated rings. The fourth-order valence-electron chi connectivity index (χ4n) is 2.24. The van der Waals surface area contributed by atoms with E-state index in [9.17, 15) is 9.59 Å². The first-order valence-corrected chi connectivity index (χ1v) is 6.89. The summed E-state index contributed by atoms with van der Waals surface area (Å²) < 4.78 is 5.21. The van der Waals surface area contributed by atoms with E-state index in [0.29, 0.717) is 25.3 Å². The fraction of sp³-hybridized carbons (Fsp3) is 0.250. The predicted octanol–water partition coefficient (Wildman–Crippen LogP) is 1.26. The molecule has 1 aromatic carbocycles. The van der Waals surface area contributed by atoms with E-state index >= 15 is 0 Å². The molecular formula is C16H19N3O3. The van der Waals surface area contributed by atoms with Gasteiger partial charge >= 0.3 is 5.69 Å². The van der Waals surface area contributed by atoms with Gasteiger partial charge in [-0.3, -0.25) is 14.7 Å². The van der Waals surface area contributed by atoms with Crippen LogP contribution in [0.1, 0.15) is 11.3 Å². The van der Waals surface area contributed by atoms with Gasteiger partial charge in [-0.1, -0.05) is 18.2 Å². The Labute approximate surface area is 128 Å². The van der Waals surface area contributed by atoms with Gasteiger partial charge in [0.05, 0.1) is 7.11 Å². The molecule has 0 aliphatic rings. The van der Waals surface area contributed by atoms with E-state index in [0.717, 1.165) is 11.3 Å². The Hall–Kier alpha value is -2.60. The second-order valence-corrected chi connectivity index (χ2v) is 4.92. The molecule has 6 heteroatoms. The lowest BCUT2D eigenvalue weighted by Crippen LogP contribution is -2.28. The molecule has 22 heavy (non-hydrogen) atoms. The van der Waals surface area contributed by atoms with Gasteiger partial charge in [-0.25, -0.2) is 4.79 Å². The third kappa shape index (κ3) is 4.46. The van der Waals surface area contributed by atoms with Gasteiger partial charge in [0.15, 0.2) is 0 Å². The first-order chi connectivity index (χ1) is 10.6. The van der Waals surface area contributed by atoms with E-state index in [1.165, 1.54) is 6.07 Å². The SMILES string of the molecule is C=CCN(Cc1cccc(OC)c1)Cc1cc(=O)[nH]c(=O)[nH]1. The van der Waals surface area contributed by atoms with Crippen LogP contribution in [0, 0.1) is 0 Å². The van der Waals surface area contributed by atoms with Gasteiger partial charge in [0.2, 0.25) is 0 Å². The summed E-state index contributed by atoms with van der Waals surface area (Å²) in [5.41, 5.74) is 0.744. The van der Waals surface area contributed by atoms with Gasteiger partial charge in [0.25, 0.3) is 5.56 Å². The van der Waals surface area contributed by atoms with Crippen molar-refractivity contribution < 1.29 is 4.74 Å². The largest absolute Gasteiger partial charge is 0.497 e. The highest BCUT2D eigenvalue weighted by Crippen LogP contribution is 2.15. The lowest BCUT2D eigenvalue weighted by Gasteiger charge is -2.20. The van der Waals surface area contributed by atoms with Gasteiger partial charge in [-0.15, -0.1) is 6.58 Å². The summed E-state index contributed by atoms with van der Waals surface area (Å²) in [6, 6.07) is 9.16. The van der Waals surface area contributed by atoms with Crippen LogP contribution in [-0.4, -0.2) is 28.5 Å². The third-order valence-electron chi connectivity index (χ3n) is 3.14. The molecule has 0 unspecified atom stereocenters. The number of benzene rings is 1. The van der Waals surface area contributed by atoms with Crippen molar-refractivity contribution in [2.45, 2.75) is 13.1 Å². The molecule has 2 N–H and O–H groups in total. The van der Waals surface area contributed by atoms with Crippen LogP contribution in [0.5, 0.6) is 5.75 Å². The first kappa shape index (κ1) is 15.8. The number of rotatable bonds is 7. The highest BCUT2D eigenvalue weighted by Gasteiger charge is 2.08. The minimum Gasteiger partial charge on any atom is -0.497 e. The molecule has 116 valence electrons. The summed E-state index contributed by atoms with van der Waals surface area (Å²) in [6.45, 7) is 5.48. The minimum atomic E-state index is -0.498. The van der Waals surface area contributed by atoms with Crippen molar-refractivity contribution in [3.05, 3.63) is 75.1 Å². The molecule has 2 rings (SSSR count). The summed E-state index contributed by atoms with van der Waals surface area (Å²) in [5.74, 6) is 0.792. The Morgan fingerprint density at radius 1 is 1.23 bits per heavy atom. The van der Waals surface area contributed by atoms with Crippen molar-refractivity contribution in [3.63, 3.8) is 0 Å². The summed E-state index contributed by atoms with van der Waals surface area (Å²) in [7, 11) is 1.63. The van der Waals surface area contributed by atoms with Gasteiger partial charge in [-0.2, -0.15) is 0 Å². The molecule has 6 nitrogen and oxygen atoms in total. The van der Waals surface area contributed by atoms with Crippen molar-refractivity contribution in [1.82, 2.24) is 14.9 Å². The molecular weight excluding hydrogens is 282 g/mol. The monoisotopic (exact) mass is 301 g/mol. The Morgan fingerprint density at radius 3 is 2.73 bits per heavy atom. The van der Waals surface area contributed by atoms with Crippen molar-refractivity contribution in [1.29, 1.82) is 0 Å². The maximum atomic E-state index is 11.4. The molecule has 0 aliphatic heterocycles. The Morgan fingerprint density at radius 2 is 2.05 bits per heavy atom. The standard InChI is InChI=1S/C16H19N3O3/c1-3-7-19(10-12-5-4-6-14(8-12)22-2)11-13-9-15(20)18-16(21)17-13/h3-6,8-9H,1,7,10-11H2,2H3,(H2,17,18,20,21). The van der Waals surface area contributed by atoms with Crippen LogP contribution in [0.25, 0.3) is 0 Å². The third-order valence-corrected chi connectivity index (χ3v) is 3.14. The number of H-pyrrole nitrogens is 2. The molecule has 0 saturated carbocycles. The van der Waals surface area contributed by atoms with E-state index in [2.05, 4.69) is 21.4 Å². The lowest BCUT2D eigenvalue weighted by molar-refractivity contribution is 0.281. The molecule has 0 spiro atoms. The van der Waals surface area contributed by atoms with E-state index in [1.54, 1.807) is 13.2 Å². The van der Waals surface area contributed by atoms with Crippen LogP contribution >= 0.6 is 0 Å². The average Bonchev–Trinajstić information content (AvgIpc) is 2.46. The van der Waals surface area contributed by atoms with E-state index in [4.69, 9.17) is 4.74 Å². The molecule has 0 radical (unpaired) electrons. The van der Waals surface area contributed by atoms with Gasteiger partial charge in [-0.05, 0) is 17.7 Å². The highest BCUT2D eigenvalue weighted by atomic mass is 16.5. The van der Waals surface area contributed by atoms with Gasteiger partial charge in [0.1, 0.15) is 5.75 Å². The maximum absolute atomic E-state index is 11.4. The number of hydrogen-bond donors (Lipinski definition) is 2. The van der Waals surface area contributed by atoms with Crippen molar-refractivity contribution >= 4 is 0 Å². The molecule has 0 aliphatic carbocycles. The fourth-order valence-corrected chi connectivity index (χ4v) is 2.24. The number of hydrogen-bond acceptors (Lipinski definition) is 4. The van der Waals surface area contributed by atoms with Crippen LogP contribution in [0.15, 0.2) is 52.6 Å². The van der Waals surface area contributed by atoms with Gasteiger partial charge in [0, 0.05) is 31.4 Å². The van der Waals surface area contributed by atoms with Crippen molar-refractivity contribution in [2.75, 3.05) is 13.7 Å². The molecule has 0 saturated heterocycles. The van der Waals surface area contributed by atoms with Gasteiger partial charge < -0.3 is 9.72 Å². The highest BCUT2D eigenvalue weighted by molar-refractivity contribution is 5.28. The number of aromatic amines is 2. The van der Waals surface area contributed by atoms with Crippen LogP contribution in [0.3, 0.4) is 0 Å². The Balaban J connectivity index is 2.16. The smallest absolute Gasteiger partial charge is 0.325 e.